The van der Waals surface area contributed by atoms with Crippen LogP contribution in [0.1, 0.15) is 35.1 Å². The van der Waals surface area contributed by atoms with Gasteiger partial charge >= 0.3 is 0 Å². The second-order valence-electron chi connectivity index (χ2n) is 8.43. The van der Waals surface area contributed by atoms with Crippen LogP contribution in [0.25, 0.3) is 11.6 Å². The molecule has 4 rings (SSSR count). The average molecular weight is 459 g/mol. The summed E-state index contributed by atoms with van der Waals surface area (Å²) in [6, 6.07) is 20.6. The molecule has 0 saturated carbocycles. The zero-order valence-corrected chi connectivity index (χ0v) is 19.4. The Morgan fingerprint density at radius 2 is 1.79 bits per heavy atom. The Kier molecular flexibility index (Phi) is 7.50. The highest BCUT2D eigenvalue weighted by molar-refractivity contribution is 6.23. The molecule has 3 aromatic rings. The van der Waals surface area contributed by atoms with E-state index in [1.807, 2.05) is 36.4 Å². The summed E-state index contributed by atoms with van der Waals surface area (Å²) in [7, 11) is 1.48. The third kappa shape index (κ3) is 5.77. The van der Waals surface area contributed by atoms with E-state index in [1.54, 1.807) is 18.2 Å². The van der Waals surface area contributed by atoms with E-state index in [4.69, 9.17) is 15.2 Å². The maximum atomic E-state index is 12.3. The largest absolute Gasteiger partial charge is 0.504 e. The van der Waals surface area contributed by atoms with Gasteiger partial charge in [-0.15, -0.1) is 0 Å². The van der Waals surface area contributed by atoms with Gasteiger partial charge in [0.2, 0.25) is 5.91 Å². The number of benzene rings is 3. The van der Waals surface area contributed by atoms with Crippen LogP contribution >= 0.6 is 0 Å². The molecule has 6 heteroatoms. The second kappa shape index (κ2) is 10.9. The molecule has 1 fully saturated rings. The lowest BCUT2D eigenvalue weighted by Crippen LogP contribution is -2.18. The van der Waals surface area contributed by atoms with E-state index in [0.717, 1.165) is 17.9 Å². The maximum Gasteiger partial charge on any atom is 0.249 e. The molecule has 1 aliphatic rings. The number of methoxy groups -OCH3 is 1. The molecule has 0 aliphatic carbocycles. The molecule has 34 heavy (non-hydrogen) atoms. The van der Waals surface area contributed by atoms with Crippen molar-refractivity contribution in [3.05, 3.63) is 89.0 Å². The topological polar surface area (TPSA) is 85.0 Å². The number of hydrogen-bond acceptors (Lipinski definition) is 5. The summed E-state index contributed by atoms with van der Waals surface area (Å²) < 4.78 is 11.1. The smallest absolute Gasteiger partial charge is 0.249 e. The average Bonchev–Trinajstić information content (AvgIpc) is 3.35. The van der Waals surface area contributed by atoms with Gasteiger partial charge in [-0.25, -0.2) is 0 Å². The molecule has 0 spiro atoms. The monoisotopic (exact) mass is 458 g/mol. The van der Waals surface area contributed by atoms with Crippen LogP contribution in [0.3, 0.4) is 0 Å². The van der Waals surface area contributed by atoms with Gasteiger partial charge < -0.3 is 20.3 Å². The number of ether oxygens (including phenoxy) is 2. The lowest BCUT2D eigenvalue weighted by molar-refractivity contribution is -0.112. The van der Waals surface area contributed by atoms with Crippen LogP contribution in [0.5, 0.6) is 17.2 Å². The van der Waals surface area contributed by atoms with Crippen molar-refractivity contribution in [2.75, 3.05) is 20.2 Å². The van der Waals surface area contributed by atoms with E-state index < -0.39 is 5.91 Å². The molecule has 176 valence electrons. The quantitative estimate of drug-likeness (QED) is 0.362. The third-order valence-corrected chi connectivity index (χ3v) is 6.01. The van der Waals surface area contributed by atoms with E-state index in [1.165, 1.54) is 44.7 Å². The number of rotatable bonds is 9. The Hall–Kier alpha value is -3.77. The molecule has 0 bridgehead atoms. The summed E-state index contributed by atoms with van der Waals surface area (Å²) in [6.07, 6.45) is 4.22. The van der Waals surface area contributed by atoms with Crippen molar-refractivity contribution in [2.24, 2.45) is 5.73 Å². The van der Waals surface area contributed by atoms with Gasteiger partial charge in [-0.2, -0.15) is 0 Å². The fourth-order valence-electron chi connectivity index (χ4n) is 4.21. The molecule has 0 radical (unpaired) electrons. The SMILES string of the molecule is COc1ccc(/C=C(/C(N)=O)c2ccccc2COc2ccc(CN3CCCC3)cc2)cc1O. The van der Waals surface area contributed by atoms with Crippen molar-refractivity contribution in [3.63, 3.8) is 0 Å². The highest BCUT2D eigenvalue weighted by atomic mass is 16.5. The van der Waals surface area contributed by atoms with Crippen LogP contribution in [0.2, 0.25) is 0 Å². The molecule has 1 heterocycles. The number of nitrogens with zero attached hydrogens (tertiary/aromatic N) is 1. The van der Waals surface area contributed by atoms with Gasteiger partial charge in [-0.05, 0) is 78.5 Å². The lowest BCUT2D eigenvalue weighted by atomic mass is 9.97. The van der Waals surface area contributed by atoms with Crippen LogP contribution < -0.4 is 15.2 Å². The fourth-order valence-corrected chi connectivity index (χ4v) is 4.21. The van der Waals surface area contributed by atoms with Gasteiger partial charge in [-0.3, -0.25) is 9.69 Å². The number of phenolic OH excluding ortho intramolecular Hbond substituents is 1. The number of carbonyl (C=O) groups excluding carboxylic acids is 1. The standard InChI is InChI=1S/C28H30N2O4/c1-33-27-13-10-21(17-26(27)31)16-25(28(29)32)24-7-3-2-6-22(24)19-34-23-11-8-20(9-12-23)18-30-14-4-5-15-30/h2-3,6-13,16-17,31H,4-5,14-15,18-19H2,1H3,(H2,29,32)/b25-16+. The normalized spacial score (nSPS) is 14.2. The van der Waals surface area contributed by atoms with E-state index in [0.29, 0.717) is 29.1 Å². The molecular formula is C28H30N2O4. The first-order chi connectivity index (χ1) is 16.5. The Labute approximate surface area is 200 Å². The van der Waals surface area contributed by atoms with Crippen molar-refractivity contribution < 1.29 is 19.4 Å². The first kappa shape index (κ1) is 23.4. The minimum absolute atomic E-state index is 0.00938. The molecule has 3 aromatic carbocycles. The number of carbonyl (C=O) groups is 1. The summed E-state index contributed by atoms with van der Waals surface area (Å²) in [6.45, 7) is 3.60. The Balaban J connectivity index is 1.51. The Morgan fingerprint density at radius 1 is 1.06 bits per heavy atom. The van der Waals surface area contributed by atoms with Gasteiger partial charge in [0.1, 0.15) is 12.4 Å². The maximum absolute atomic E-state index is 12.3. The molecule has 1 saturated heterocycles. The molecule has 0 aromatic heterocycles. The number of amides is 1. The van der Waals surface area contributed by atoms with Crippen LogP contribution in [-0.4, -0.2) is 36.1 Å². The van der Waals surface area contributed by atoms with Gasteiger partial charge in [0, 0.05) is 12.1 Å². The molecular weight excluding hydrogens is 428 g/mol. The van der Waals surface area contributed by atoms with Gasteiger partial charge in [0.25, 0.3) is 0 Å². The molecule has 0 atom stereocenters. The van der Waals surface area contributed by atoms with Gasteiger partial charge in [-0.1, -0.05) is 42.5 Å². The molecule has 0 unspecified atom stereocenters. The minimum Gasteiger partial charge on any atom is -0.504 e. The van der Waals surface area contributed by atoms with Crippen LogP contribution in [0.4, 0.5) is 0 Å². The number of phenols is 1. The van der Waals surface area contributed by atoms with E-state index in [9.17, 15) is 9.90 Å². The van der Waals surface area contributed by atoms with Crippen molar-refractivity contribution in [2.45, 2.75) is 26.0 Å². The third-order valence-electron chi connectivity index (χ3n) is 6.01. The highest BCUT2D eigenvalue weighted by Crippen LogP contribution is 2.29. The Morgan fingerprint density at radius 3 is 2.47 bits per heavy atom. The first-order valence-electron chi connectivity index (χ1n) is 11.4. The molecule has 1 aliphatic heterocycles. The van der Waals surface area contributed by atoms with Crippen molar-refractivity contribution in [1.29, 1.82) is 0 Å². The van der Waals surface area contributed by atoms with Crippen molar-refractivity contribution >= 4 is 17.6 Å². The molecule has 6 nitrogen and oxygen atoms in total. The van der Waals surface area contributed by atoms with Gasteiger partial charge in [0.05, 0.1) is 7.11 Å². The minimum atomic E-state index is -0.561. The summed E-state index contributed by atoms with van der Waals surface area (Å²) >= 11 is 0. The summed E-state index contributed by atoms with van der Waals surface area (Å²) in [5, 5.41) is 10.1. The van der Waals surface area contributed by atoms with E-state index in [-0.39, 0.29) is 5.75 Å². The zero-order chi connectivity index (χ0) is 23.9. The number of nitrogens with two attached hydrogens (primary N) is 1. The predicted molar refractivity (Wildman–Crippen MR) is 133 cm³/mol. The summed E-state index contributed by atoms with van der Waals surface area (Å²) in [5.74, 6) is 0.557. The number of aromatic hydroxyl groups is 1. The highest BCUT2D eigenvalue weighted by Gasteiger charge is 2.15. The van der Waals surface area contributed by atoms with E-state index >= 15 is 0 Å². The van der Waals surface area contributed by atoms with Crippen LogP contribution in [-0.2, 0) is 17.9 Å². The fraction of sp³-hybridized carbons (Fsp3) is 0.250. The van der Waals surface area contributed by atoms with Gasteiger partial charge in [0.15, 0.2) is 11.5 Å². The second-order valence-corrected chi connectivity index (χ2v) is 8.43. The van der Waals surface area contributed by atoms with Crippen LogP contribution in [0.15, 0.2) is 66.7 Å². The van der Waals surface area contributed by atoms with Crippen molar-refractivity contribution in [3.8, 4) is 17.2 Å². The molecule has 3 N–H and O–H groups in total. The zero-order valence-electron chi connectivity index (χ0n) is 19.4. The number of likely N-dealkylation sites (tertiary alicyclic amines) is 1. The van der Waals surface area contributed by atoms with Crippen molar-refractivity contribution in [1.82, 2.24) is 4.90 Å². The first-order valence-corrected chi connectivity index (χ1v) is 11.4. The van der Waals surface area contributed by atoms with Crippen LogP contribution in [0, 0.1) is 0 Å². The predicted octanol–water partition coefficient (Wildman–Crippen LogP) is 4.60. The molecule has 1 amide bonds. The Bertz CT molecular complexity index is 1170. The number of hydrogen-bond donors (Lipinski definition) is 2. The lowest BCUT2D eigenvalue weighted by Gasteiger charge is -2.15. The van der Waals surface area contributed by atoms with E-state index in [2.05, 4.69) is 17.0 Å². The summed E-state index contributed by atoms with van der Waals surface area (Å²) in [4.78, 5) is 14.8. The summed E-state index contributed by atoms with van der Waals surface area (Å²) in [5.41, 5.74) is 9.51. The number of primary amides is 1.